The molecule has 1 saturated heterocycles. The maximum atomic E-state index is 12.2. The molecule has 5 nitrogen and oxygen atoms in total. The number of H-pyrrole nitrogens is 1. The molecule has 0 saturated carbocycles. The summed E-state index contributed by atoms with van der Waals surface area (Å²) in [6.45, 7) is 4.92. The molecule has 2 aromatic heterocycles. The van der Waals surface area contributed by atoms with Gasteiger partial charge in [0.25, 0.3) is 5.91 Å². The van der Waals surface area contributed by atoms with E-state index in [0.717, 1.165) is 42.3 Å². The average molecular weight is 318 g/mol. The number of aryl methyl sites for hydroxylation is 1. The van der Waals surface area contributed by atoms with Crippen LogP contribution in [0, 0.1) is 12.8 Å². The number of aromatic amines is 1. The Morgan fingerprint density at radius 2 is 2.45 bits per heavy atom. The Labute approximate surface area is 134 Å². The van der Waals surface area contributed by atoms with Gasteiger partial charge < -0.3 is 15.6 Å². The molecule has 1 aliphatic heterocycles. The monoisotopic (exact) mass is 318 g/mol. The summed E-state index contributed by atoms with van der Waals surface area (Å²) < 4.78 is 0. The van der Waals surface area contributed by atoms with Gasteiger partial charge in [-0.1, -0.05) is 0 Å². The van der Waals surface area contributed by atoms with Crippen molar-refractivity contribution in [1.29, 1.82) is 0 Å². The van der Waals surface area contributed by atoms with Crippen molar-refractivity contribution in [1.82, 2.24) is 20.6 Å². The summed E-state index contributed by atoms with van der Waals surface area (Å²) in [5, 5.41) is 9.44. The van der Waals surface area contributed by atoms with Crippen LogP contribution in [0.4, 0.5) is 0 Å². The van der Waals surface area contributed by atoms with Crippen LogP contribution in [0.5, 0.6) is 0 Å². The second-order valence-corrected chi connectivity index (χ2v) is 6.87. The maximum Gasteiger partial charge on any atom is 0.267 e. The van der Waals surface area contributed by atoms with E-state index in [1.165, 1.54) is 12.8 Å². The molecule has 118 valence electrons. The van der Waals surface area contributed by atoms with Crippen LogP contribution in [0.3, 0.4) is 0 Å². The van der Waals surface area contributed by atoms with E-state index >= 15 is 0 Å². The summed E-state index contributed by atoms with van der Waals surface area (Å²) in [7, 11) is 0. The number of hydrogen-bond donors (Lipinski definition) is 3. The highest BCUT2D eigenvalue weighted by molar-refractivity contribution is 7.09. The van der Waals surface area contributed by atoms with Gasteiger partial charge in [-0.25, -0.2) is 4.98 Å². The first-order chi connectivity index (χ1) is 10.7. The summed E-state index contributed by atoms with van der Waals surface area (Å²) in [6, 6.07) is 1.87. The second kappa shape index (κ2) is 7.07. The molecule has 1 amide bonds. The van der Waals surface area contributed by atoms with E-state index in [4.69, 9.17) is 0 Å². The van der Waals surface area contributed by atoms with E-state index in [1.807, 2.05) is 24.6 Å². The van der Waals surface area contributed by atoms with Crippen molar-refractivity contribution in [3.05, 3.63) is 28.3 Å². The fraction of sp³-hybridized carbons (Fsp3) is 0.500. The Balaban J connectivity index is 1.51. The van der Waals surface area contributed by atoms with Crippen molar-refractivity contribution in [2.75, 3.05) is 19.6 Å². The highest BCUT2D eigenvalue weighted by Gasteiger charge is 2.14. The van der Waals surface area contributed by atoms with Gasteiger partial charge in [-0.15, -0.1) is 11.3 Å². The van der Waals surface area contributed by atoms with Crippen LogP contribution in [0.25, 0.3) is 11.3 Å². The second-order valence-electron chi connectivity index (χ2n) is 5.81. The minimum absolute atomic E-state index is 0.0398. The van der Waals surface area contributed by atoms with Crippen LogP contribution in [-0.4, -0.2) is 35.5 Å². The van der Waals surface area contributed by atoms with E-state index in [9.17, 15) is 4.79 Å². The highest BCUT2D eigenvalue weighted by Crippen LogP contribution is 2.22. The fourth-order valence-corrected chi connectivity index (χ4v) is 3.45. The van der Waals surface area contributed by atoms with Crippen molar-refractivity contribution in [2.24, 2.45) is 5.92 Å². The van der Waals surface area contributed by atoms with Gasteiger partial charge >= 0.3 is 0 Å². The van der Waals surface area contributed by atoms with Gasteiger partial charge in [0.05, 0.1) is 10.7 Å². The van der Waals surface area contributed by atoms with Gasteiger partial charge in [0, 0.05) is 23.7 Å². The number of nitrogens with one attached hydrogen (secondary N) is 3. The van der Waals surface area contributed by atoms with Gasteiger partial charge in [0.1, 0.15) is 5.69 Å². The van der Waals surface area contributed by atoms with E-state index < -0.39 is 0 Å². The number of aromatic nitrogens is 2. The number of piperidine rings is 1. The Bertz CT molecular complexity index is 628. The lowest BCUT2D eigenvalue weighted by Gasteiger charge is -2.22. The first kappa shape index (κ1) is 15.2. The number of thiazole rings is 1. The Kier molecular flexibility index (Phi) is 4.90. The normalized spacial score (nSPS) is 18.3. The molecule has 22 heavy (non-hydrogen) atoms. The van der Waals surface area contributed by atoms with Crippen molar-refractivity contribution < 1.29 is 4.79 Å². The molecular formula is C16H22N4OS. The average Bonchev–Trinajstić information content (AvgIpc) is 3.17. The number of carbonyl (C=O) groups is 1. The predicted octanol–water partition coefficient (Wildman–Crippen LogP) is 2.57. The zero-order chi connectivity index (χ0) is 15.4. The van der Waals surface area contributed by atoms with E-state index in [0.29, 0.717) is 11.6 Å². The molecule has 0 aromatic carbocycles. The molecular weight excluding hydrogens is 296 g/mol. The van der Waals surface area contributed by atoms with Gasteiger partial charge in [-0.05, 0) is 51.3 Å². The van der Waals surface area contributed by atoms with Crippen LogP contribution in [0.1, 0.15) is 34.8 Å². The van der Waals surface area contributed by atoms with Crippen molar-refractivity contribution in [3.8, 4) is 11.3 Å². The molecule has 3 heterocycles. The topological polar surface area (TPSA) is 69.8 Å². The zero-order valence-electron chi connectivity index (χ0n) is 12.8. The lowest BCUT2D eigenvalue weighted by atomic mass is 9.96. The van der Waals surface area contributed by atoms with Gasteiger partial charge in [0.15, 0.2) is 0 Å². The van der Waals surface area contributed by atoms with E-state index in [1.54, 1.807) is 11.3 Å². The van der Waals surface area contributed by atoms with Crippen molar-refractivity contribution in [2.45, 2.75) is 26.2 Å². The van der Waals surface area contributed by atoms with Crippen LogP contribution in [0.2, 0.25) is 0 Å². The fourth-order valence-electron chi connectivity index (χ4n) is 2.82. The molecule has 2 aromatic rings. The molecule has 6 heteroatoms. The molecule has 0 bridgehead atoms. The molecule has 1 fully saturated rings. The van der Waals surface area contributed by atoms with Crippen LogP contribution in [0.15, 0.2) is 17.6 Å². The quantitative estimate of drug-likeness (QED) is 0.793. The third kappa shape index (κ3) is 3.75. The highest BCUT2D eigenvalue weighted by atomic mass is 32.1. The number of rotatable bonds is 5. The largest absolute Gasteiger partial charge is 0.357 e. The minimum Gasteiger partial charge on any atom is -0.357 e. The minimum atomic E-state index is -0.0398. The third-order valence-corrected chi connectivity index (χ3v) is 4.85. The van der Waals surface area contributed by atoms with E-state index in [2.05, 4.69) is 20.6 Å². The summed E-state index contributed by atoms with van der Waals surface area (Å²) in [4.78, 5) is 19.6. The summed E-state index contributed by atoms with van der Waals surface area (Å²) in [5.41, 5.74) is 2.49. The first-order valence-corrected chi connectivity index (χ1v) is 8.70. The number of amides is 1. The zero-order valence-corrected chi connectivity index (χ0v) is 13.6. The molecule has 3 rings (SSSR count). The standard InChI is InChI=1S/C16H22N4OS/c1-11-20-15(10-22-11)13-7-14(19-9-13)16(21)18-6-4-12-3-2-5-17-8-12/h7,9-10,12,17,19H,2-6,8H2,1H3,(H,18,21). The Hall–Kier alpha value is -1.66. The number of carbonyl (C=O) groups excluding carboxylic acids is 1. The molecule has 1 atom stereocenters. The van der Waals surface area contributed by atoms with Gasteiger partial charge in [-0.3, -0.25) is 4.79 Å². The number of nitrogens with zero attached hydrogens (tertiary/aromatic N) is 1. The maximum absolute atomic E-state index is 12.2. The third-order valence-electron chi connectivity index (χ3n) is 4.08. The molecule has 0 radical (unpaired) electrons. The van der Waals surface area contributed by atoms with E-state index in [-0.39, 0.29) is 5.91 Å². The van der Waals surface area contributed by atoms with Crippen LogP contribution >= 0.6 is 11.3 Å². The number of hydrogen-bond acceptors (Lipinski definition) is 4. The van der Waals surface area contributed by atoms with Gasteiger partial charge in [-0.2, -0.15) is 0 Å². The molecule has 1 unspecified atom stereocenters. The summed E-state index contributed by atoms with van der Waals surface area (Å²) >= 11 is 1.62. The lowest BCUT2D eigenvalue weighted by Crippen LogP contribution is -2.33. The van der Waals surface area contributed by atoms with Gasteiger partial charge in [0.2, 0.25) is 0 Å². The van der Waals surface area contributed by atoms with Crippen molar-refractivity contribution in [3.63, 3.8) is 0 Å². The Morgan fingerprint density at radius 3 is 3.18 bits per heavy atom. The molecule has 1 aliphatic rings. The Morgan fingerprint density at radius 1 is 1.55 bits per heavy atom. The molecule has 0 aliphatic carbocycles. The lowest BCUT2D eigenvalue weighted by molar-refractivity contribution is 0.0946. The summed E-state index contributed by atoms with van der Waals surface area (Å²) in [5.74, 6) is 0.646. The smallest absolute Gasteiger partial charge is 0.267 e. The SMILES string of the molecule is Cc1nc(-c2c[nH]c(C(=O)NCCC3CCCNC3)c2)cs1. The summed E-state index contributed by atoms with van der Waals surface area (Å²) in [6.07, 6.45) is 5.39. The first-order valence-electron chi connectivity index (χ1n) is 7.82. The molecule has 3 N–H and O–H groups in total. The van der Waals surface area contributed by atoms with Crippen LogP contribution < -0.4 is 10.6 Å². The predicted molar refractivity (Wildman–Crippen MR) is 89.2 cm³/mol. The molecule has 0 spiro atoms. The van der Waals surface area contributed by atoms with Crippen LogP contribution in [-0.2, 0) is 0 Å². The van der Waals surface area contributed by atoms with Crippen molar-refractivity contribution >= 4 is 17.2 Å².